The van der Waals surface area contributed by atoms with Gasteiger partial charge >= 0.3 is 5.97 Å². The molecule has 3 atom stereocenters. The summed E-state index contributed by atoms with van der Waals surface area (Å²) in [5.41, 5.74) is 1.75. The van der Waals surface area contributed by atoms with Crippen LogP contribution in [0.5, 0.6) is 0 Å². The summed E-state index contributed by atoms with van der Waals surface area (Å²) in [6.45, 7) is 1.91. The van der Waals surface area contributed by atoms with Gasteiger partial charge in [-0.05, 0) is 30.2 Å². The highest BCUT2D eigenvalue weighted by atomic mass is 32.2. The summed E-state index contributed by atoms with van der Waals surface area (Å²) in [6.07, 6.45) is 0. The van der Waals surface area contributed by atoms with E-state index >= 15 is 0 Å². The normalized spacial score (nSPS) is 21.6. The van der Waals surface area contributed by atoms with Gasteiger partial charge < -0.3 is 4.74 Å². The molecule has 0 bridgehead atoms. The highest BCUT2D eigenvalue weighted by Crippen LogP contribution is 2.53. The van der Waals surface area contributed by atoms with Crippen LogP contribution >= 0.6 is 0 Å². The summed E-state index contributed by atoms with van der Waals surface area (Å²) >= 11 is 0. The van der Waals surface area contributed by atoms with Gasteiger partial charge in [-0.2, -0.15) is 4.31 Å². The van der Waals surface area contributed by atoms with Crippen LogP contribution in [0.15, 0.2) is 95.9 Å². The van der Waals surface area contributed by atoms with Crippen molar-refractivity contribution in [1.82, 2.24) is 4.31 Å². The van der Waals surface area contributed by atoms with Gasteiger partial charge in [-0.25, -0.2) is 8.42 Å². The van der Waals surface area contributed by atoms with E-state index in [1.165, 1.54) is 4.31 Å². The summed E-state index contributed by atoms with van der Waals surface area (Å²) in [5.74, 6) is -0.871. The van der Waals surface area contributed by atoms with Crippen molar-refractivity contribution in [3.8, 4) is 0 Å². The van der Waals surface area contributed by atoms with E-state index in [4.69, 9.17) is 4.74 Å². The second-order valence-electron chi connectivity index (χ2n) is 7.14. The quantitative estimate of drug-likeness (QED) is 0.561. The summed E-state index contributed by atoms with van der Waals surface area (Å²) in [7, 11) is -3.92. The average Bonchev–Trinajstić information content (AvgIpc) is 2.75. The number of esters is 1. The first-order valence-electron chi connectivity index (χ1n) is 9.91. The zero-order valence-electron chi connectivity index (χ0n) is 16.6. The Hall–Kier alpha value is -2.96. The van der Waals surface area contributed by atoms with E-state index in [0.717, 1.165) is 11.1 Å². The zero-order valence-corrected chi connectivity index (χ0v) is 17.4. The molecule has 1 fully saturated rings. The Bertz CT molecular complexity index is 1100. The SMILES string of the molecule is CCOC(=O)[C@H]1[C@H](c2ccccc2)[C@H](c2ccccc2)N1S(=O)(=O)c1ccccc1. The van der Waals surface area contributed by atoms with Crippen LogP contribution < -0.4 is 0 Å². The first kappa shape index (κ1) is 20.3. The summed E-state index contributed by atoms with van der Waals surface area (Å²) in [5, 5.41) is 0. The summed E-state index contributed by atoms with van der Waals surface area (Å²) in [6, 6.07) is 25.8. The molecule has 5 nitrogen and oxygen atoms in total. The number of hydrogen-bond acceptors (Lipinski definition) is 4. The highest BCUT2D eigenvalue weighted by Gasteiger charge is 2.59. The Kier molecular flexibility index (Phi) is 5.70. The van der Waals surface area contributed by atoms with Crippen LogP contribution in [-0.2, 0) is 19.6 Å². The standard InChI is InChI=1S/C24H23NO4S/c1-2-29-24(26)23-21(18-12-6-3-7-13-18)22(19-14-8-4-9-15-19)25(23)30(27,28)20-16-10-5-11-17-20/h3-17,21-23H,2H2,1H3/t21-,22+,23-/m1/s1. The molecular weight excluding hydrogens is 398 g/mol. The largest absolute Gasteiger partial charge is 0.465 e. The Labute approximate surface area is 177 Å². The lowest BCUT2D eigenvalue weighted by atomic mass is 9.74. The van der Waals surface area contributed by atoms with Gasteiger partial charge in [-0.1, -0.05) is 78.9 Å². The van der Waals surface area contributed by atoms with Gasteiger partial charge in [0.1, 0.15) is 6.04 Å². The van der Waals surface area contributed by atoms with E-state index in [-0.39, 0.29) is 17.4 Å². The molecule has 1 aliphatic heterocycles. The van der Waals surface area contributed by atoms with Gasteiger partial charge in [0.2, 0.25) is 10.0 Å². The molecule has 30 heavy (non-hydrogen) atoms. The maximum Gasteiger partial charge on any atom is 0.325 e. The van der Waals surface area contributed by atoms with E-state index in [2.05, 4.69) is 0 Å². The van der Waals surface area contributed by atoms with Gasteiger partial charge in [0.05, 0.1) is 17.5 Å². The van der Waals surface area contributed by atoms with Crippen LogP contribution in [0.25, 0.3) is 0 Å². The van der Waals surface area contributed by atoms with Crippen molar-refractivity contribution in [2.24, 2.45) is 0 Å². The number of nitrogens with zero attached hydrogens (tertiary/aromatic N) is 1. The number of carbonyl (C=O) groups excluding carboxylic acids is 1. The number of ether oxygens (including phenoxy) is 1. The first-order chi connectivity index (χ1) is 14.6. The van der Waals surface area contributed by atoms with E-state index in [0.29, 0.717) is 0 Å². The Morgan fingerprint density at radius 1 is 0.833 bits per heavy atom. The summed E-state index contributed by atoms with van der Waals surface area (Å²) < 4.78 is 33.8. The molecular formula is C24H23NO4S. The number of rotatable bonds is 6. The third-order valence-corrected chi connectivity index (χ3v) is 7.28. The molecule has 0 spiro atoms. The Morgan fingerprint density at radius 3 is 1.87 bits per heavy atom. The van der Waals surface area contributed by atoms with Crippen LogP contribution in [0.3, 0.4) is 0 Å². The minimum atomic E-state index is -3.92. The molecule has 0 aliphatic carbocycles. The topological polar surface area (TPSA) is 63.7 Å². The lowest BCUT2D eigenvalue weighted by Gasteiger charge is -2.52. The van der Waals surface area contributed by atoms with Gasteiger partial charge in [0.25, 0.3) is 0 Å². The highest BCUT2D eigenvalue weighted by molar-refractivity contribution is 7.89. The van der Waals surface area contributed by atoms with Crippen LogP contribution in [-0.4, -0.2) is 31.3 Å². The minimum Gasteiger partial charge on any atom is -0.465 e. The van der Waals surface area contributed by atoms with Gasteiger partial charge in [0.15, 0.2) is 0 Å². The third kappa shape index (κ3) is 3.53. The molecule has 0 amide bonds. The fraction of sp³-hybridized carbons (Fsp3) is 0.208. The lowest BCUT2D eigenvalue weighted by molar-refractivity contribution is -0.155. The maximum absolute atomic E-state index is 13.6. The predicted octanol–water partition coefficient (Wildman–Crippen LogP) is 4.15. The first-order valence-corrected chi connectivity index (χ1v) is 11.3. The molecule has 1 heterocycles. The number of hydrogen-bond donors (Lipinski definition) is 0. The monoisotopic (exact) mass is 421 g/mol. The van der Waals surface area contributed by atoms with E-state index in [9.17, 15) is 13.2 Å². The third-order valence-electron chi connectivity index (χ3n) is 5.40. The Morgan fingerprint density at radius 2 is 1.33 bits per heavy atom. The molecule has 0 unspecified atom stereocenters. The molecule has 6 heteroatoms. The second-order valence-corrected chi connectivity index (χ2v) is 8.98. The van der Waals surface area contributed by atoms with Crippen molar-refractivity contribution in [3.05, 3.63) is 102 Å². The van der Waals surface area contributed by atoms with Crippen LogP contribution in [0, 0.1) is 0 Å². The van der Waals surface area contributed by atoms with E-state index < -0.39 is 28.1 Å². The predicted molar refractivity (Wildman–Crippen MR) is 114 cm³/mol. The molecule has 1 saturated heterocycles. The van der Waals surface area contributed by atoms with Gasteiger partial charge in [0, 0.05) is 5.92 Å². The molecule has 0 saturated carbocycles. The molecule has 3 aromatic rings. The van der Waals surface area contributed by atoms with Crippen LogP contribution in [0.1, 0.15) is 30.0 Å². The summed E-state index contributed by atoms with van der Waals surface area (Å²) in [4.78, 5) is 13.1. The van der Waals surface area contributed by atoms with Crippen molar-refractivity contribution >= 4 is 16.0 Å². The zero-order chi connectivity index (χ0) is 21.1. The van der Waals surface area contributed by atoms with Crippen molar-refractivity contribution in [2.75, 3.05) is 6.61 Å². The van der Waals surface area contributed by atoms with Gasteiger partial charge in [-0.3, -0.25) is 4.79 Å². The molecule has 154 valence electrons. The smallest absolute Gasteiger partial charge is 0.325 e. The molecule has 1 aliphatic rings. The number of benzene rings is 3. The van der Waals surface area contributed by atoms with Crippen LogP contribution in [0.2, 0.25) is 0 Å². The van der Waals surface area contributed by atoms with Gasteiger partial charge in [-0.15, -0.1) is 0 Å². The van der Waals surface area contributed by atoms with Crippen LogP contribution in [0.4, 0.5) is 0 Å². The molecule has 4 rings (SSSR count). The second kappa shape index (κ2) is 8.42. The minimum absolute atomic E-state index is 0.159. The number of sulfonamides is 1. The number of carbonyl (C=O) groups is 1. The van der Waals surface area contributed by atoms with Crippen molar-refractivity contribution in [2.45, 2.75) is 29.8 Å². The van der Waals surface area contributed by atoms with E-state index in [1.54, 1.807) is 37.3 Å². The Balaban J connectivity index is 1.87. The fourth-order valence-electron chi connectivity index (χ4n) is 4.10. The molecule has 0 N–H and O–H groups in total. The van der Waals surface area contributed by atoms with Crippen molar-refractivity contribution in [3.63, 3.8) is 0 Å². The molecule has 0 radical (unpaired) electrons. The van der Waals surface area contributed by atoms with E-state index in [1.807, 2.05) is 60.7 Å². The maximum atomic E-state index is 13.6. The fourth-order valence-corrected chi connectivity index (χ4v) is 5.91. The molecule has 3 aromatic carbocycles. The lowest BCUT2D eigenvalue weighted by Crippen LogP contribution is -2.62. The van der Waals surface area contributed by atoms with Crippen molar-refractivity contribution < 1.29 is 17.9 Å². The average molecular weight is 422 g/mol. The molecule has 0 aromatic heterocycles. The van der Waals surface area contributed by atoms with Crippen molar-refractivity contribution in [1.29, 1.82) is 0 Å².